The van der Waals surface area contributed by atoms with Crippen LogP contribution in [-0.2, 0) is 44.9 Å². The first-order valence-electron chi connectivity index (χ1n) is 14.8. The smallest absolute Gasteiger partial charge is 0.352 e. The standard InChI is InChI=1S/C34H31ClFN5O3S/c1-40-24-7-5-19-12-20-14-22(36)6-8-25(20)29(13-19)44-11-3-4-26-27-9-10-28(35)30(31(27)38-32(26)34(42)43)33-21(16-37-41(33)2)17-45-18-23(15-24)39-40/h6,8-10,12-16,38H,3-5,7,11,17-18H2,1-2H3,(H,42,43). The van der Waals surface area contributed by atoms with Gasteiger partial charge in [-0.05, 0) is 78.6 Å². The fourth-order valence-electron chi connectivity index (χ4n) is 6.35. The van der Waals surface area contributed by atoms with Crippen LogP contribution in [0.4, 0.5) is 4.39 Å². The zero-order valence-corrected chi connectivity index (χ0v) is 26.4. The number of aromatic amines is 1. The van der Waals surface area contributed by atoms with Gasteiger partial charge >= 0.3 is 5.97 Å². The van der Waals surface area contributed by atoms with Crippen molar-refractivity contribution in [1.29, 1.82) is 0 Å². The SMILES string of the molecule is Cn1nc2cc1CCc1cc(c3ccc(F)cc3c1)OCCCc1c(C(=O)O)[nH]c3c(c(Cl)ccc13)-c1c(cnn1C)CSC2. The normalized spacial score (nSPS) is 14.3. The summed E-state index contributed by atoms with van der Waals surface area (Å²) in [5.74, 6) is 0.744. The van der Waals surface area contributed by atoms with Crippen molar-refractivity contribution in [2.24, 2.45) is 14.1 Å². The number of hydrogen-bond donors (Lipinski definition) is 2. The summed E-state index contributed by atoms with van der Waals surface area (Å²) >= 11 is 8.57. The summed E-state index contributed by atoms with van der Waals surface area (Å²) in [6, 6.07) is 14.6. The van der Waals surface area contributed by atoms with E-state index in [2.05, 4.69) is 16.1 Å². The molecule has 0 saturated carbocycles. The lowest BCUT2D eigenvalue weighted by molar-refractivity contribution is 0.0690. The van der Waals surface area contributed by atoms with Gasteiger partial charge in [0.1, 0.15) is 17.3 Å². The highest BCUT2D eigenvalue weighted by Gasteiger charge is 2.24. The van der Waals surface area contributed by atoms with Gasteiger partial charge in [-0.25, -0.2) is 9.18 Å². The Labute approximate surface area is 268 Å². The van der Waals surface area contributed by atoms with Crippen LogP contribution in [0.25, 0.3) is 32.9 Å². The van der Waals surface area contributed by atoms with Gasteiger partial charge in [-0.1, -0.05) is 23.7 Å². The zero-order valence-electron chi connectivity index (χ0n) is 24.9. The first-order valence-corrected chi connectivity index (χ1v) is 16.3. The highest BCUT2D eigenvalue weighted by molar-refractivity contribution is 7.97. The van der Waals surface area contributed by atoms with Crippen molar-refractivity contribution in [2.75, 3.05) is 6.61 Å². The van der Waals surface area contributed by atoms with Gasteiger partial charge in [0, 0.05) is 53.2 Å². The van der Waals surface area contributed by atoms with E-state index in [1.54, 1.807) is 22.5 Å². The van der Waals surface area contributed by atoms with E-state index in [1.165, 1.54) is 12.1 Å². The molecule has 0 saturated heterocycles. The second kappa shape index (κ2) is 11.9. The number of nitrogens with zero attached hydrogens (tertiary/aromatic N) is 4. The largest absolute Gasteiger partial charge is 0.493 e. The van der Waals surface area contributed by atoms with Gasteiger partial charge in [0.25, 0.3) is 0 Å². The minimum absolute atomic E-state index is 0.141. The van der Waals surface area contributed by atoms with Crippen LogP contribution in [-0.4, -0.2) is 42.2 Å². The van der Waals surface area contributed by atoms with Crippen molar-refractivity contribution in [1.82, 2.24) is 24.5 Å². The van der Waals surface area contributed by atoms with Crippen molar-refractivity contribution < 1.29 is 19.0 Å². The molecular formula is C34H31ClFN5O3S. The topological polar surface area (TPSA) is 98.0 Å². The number of carbonyl (C=O) groups is 1. The van der Waals surface area contributed by atoms with Crippen LogP contribution in [0.3, 0.4) is 0 Å². The molecule has 1 aliphatic heterocycles. The first kappa shape index (κ1) is 29.4. The van der Waals surface area contributed by atoms with E-state index in [9.17, 15) is 14.3 Å². The molecule has 2 N–H and O–H groups in total. The number of aromatic carboxylic acids is 1. The Kier molecular flexibility index (Phi) is 7.79. The molecule has 0 atom stereocenters. The molecule has 6 aromatic rings. The van der Waals surface area contributed by atoms with Gasteiger partial charge in [-0.3, -0.25) is 9.36 Å². The van der Waals surface area contributed by atoms with Crippen LogP contribution < -0.4 is 4.74 Å². The third-order valence-corrected chi connectivity index (χ3v) is 9.80. The summed E-state index contributed by atoms with van der Waals surface area (Å²) in [7, 11) is 3.83. The molecular weight excluding hydrogens is 613 g/mol. The number of benzene rings is 3. The van der Waals surface area contributed by atoms with E-state index in [0.717, 1.165) is 62.8 Å². The van der Waals surface area contributed by atoms with E-state index in [0.29, 0.717) is 52.8 Å². The molecule has 1 aliphatic rings. The number of carboxylic acids is 1. The van der Waals surface area contributed by atoms with Crippen LogP contribution in [0.1, 0.15) is 45.0 Å². The molecule has 8 bridgehead atoms. The number of ether oxygens (including phenoxy) is 1. The summed E-state index contributed by atoms with van der Waals surface area (Å²) in [4.78, 5) is 15.6. The van der Waals surface area contributed by atoms with Crippen molar-refractivity contribution in [3.05, 3.63) is 99.3 Å². The predicted octanol–water partition coefficient (Wildman–Crippen LogP) is 7.49. The van der Waals surface area contributed by atoms with Crippen LogP contribution in [0.15, 0.2) is 54.7 Å². The van der Waals surface area contributed by atoms with Crippen molar-refractivity contribution in [3.8, 4) is 17.0 Å². The Hall–Kier alpha value is -4.28. The van der Waals surface area contributed by atoms with E-state index >= 15 is 0 Å². The second-order valence-corrected chi connectivity index (χ2v) is 12.8. The van der Waals surface area contributed by atoms with E-state index < -0.39 is 5.97 Å². The lowest BCUT2D eigenvalue weighted by Gasteiger charge is -2.13. The van der Waals surface area contributed by atoms with E-state index in [1.807, 2.05) is 49.2 Å². The number of halogens is 2. The van der Waals surface area contributed by atoms with Crippen molar-refractivity contribution in [3.63, 3.8) is 0 Å². The molecule has 7 rings (SSSR count). The van der Waals surface area contributed by atoms with Gasteiger partial charge in [0.05, 0.1) is 34.7 Å². The monoisotopic (exact) mass is 643 g/mol. The summed E-state index contributed by atoms with van der Waals surface area (Å²) < 4.78 is 24.3. The molecule has 0 radical (unpaired) electrons. The number of carboxylic acid groups (broad SMARTS) is 1. The number of aromatic nitrogens is 5. The van der Waals surface area contributed by atoms with E-state index in [-0.39, 0.29) is 11.5 Å². The van der Waals surface area contributed by atoms with Gasteiger partial charge in [0.2, 0.25) is 0 Å². The lowest BCUT2D eigenvalue weighted by Crippen LogP contribution is -2.05. The van der Waals surface area contributed by atoms with Gasteiger partial charge in [-0.15, -0.1) is 0 Å². The fraction of sp³-hybridized carbons (Fsp3) is 0.265. The summed E-state index contributed by atoms with van der Waals surface area (Å²) in [6.45, 7) is 0.357. The highest BCUT2D eigenvalue weighted by Crippen LogP contribution is 2.40. The average molecular weight is 644 g/mol. The number of fused-ring (bicyclic) bond motifs is 8. The molecule has 0 aliphatic carbocycles. The van der Waals surface area contributed by atoms with Gasteiger partial charge in [-0.2, -0.15) is 22.0 Å². The lowest BCUT2D eigenvalue weighted by atomic mass is 10.0. The van der Waals surface area contributed by atoms with Crippen molar-refractivity contribution >= 4 is 51.0 Å². The maximum Gasteiger partial charge on any atom is 0.352 e. The number of H-pyrrole nitrogens is 1. The molecule has 0 unspecified atom stereocenters. The molecule has 0 amide bonds. The Balaban J connectivity index is 1.32. The number of aryl methyl sites for hydroxylation is 5. The third-order valence-electron chi connectivity index (χ3n) is 8.47. The van der Waals surface area contributed by atoms with E-state index in [4.69, 9.17) is 21.4 Å². The molecule has 3 aromatic heterocycles. The molecule has 230 valence electrons. The molecule has 0 spiro atoms. The Morgan fingerprint density at radius 2 is 1.89 bits per heavy atom. The van der Waals surface area contributed by atoms with Crippen LogP contribution >= 0.6 is 23.4 Å². The van der Waals surface area contributed by atoms with Crippen LogP contribution in [0, 0.1) is 5.82 Å². The summed E-state index contributed by atoms with van der Waals surface area (Å²) in [5.41, 5.74) is 7.25. The van der Waals surface area contributed by atoms with Gasteiger partial charge in [0.15, 0.2) is 0 Å². The number of hydrogen-bond acceptors (Lipinski definition) is 5. The maximum absolute atomic E-state index is 14.2. The molecule has 11 heteroatoms. The molecule has 4 heterocycles. The maximum atomic E-state index is 14.2. The molecule has 8 nitrogen and oxygen atoms in total. The summed E-state index contributed by atoms with van der Waals surface area (Å²) in [5, 5.41) is 22.4. The molecule has 3 aromatic carbocycles. The number of thioether (sulfide) groups is 1. The average Bonchev–Trinajstić information content (AvgIpc) is 3.68. The second-order valence-electron chi connectivity index (χ2n) is 11.4. The molecule has 0 fully saturated rings. The predicted molar refractivity (Wildman–Crippen MR) is 176 cm³/mol. The Morgan fingerprint density at radius 3 is 2.73 bits per heavy atom. The molecule has 45 heavy (non-hydrogen) atoms. The number of rotatable bonds is 1. The van der Waals surface area contributed by atoms with Crippen LogP contribution in [0.2, 0.25) is 5.02 Å². The van der Waals surface area contributed by atoms with Gasteiger partial charge < -0.3 is 14.8 Å². The minimum atomic E-state index is -1.03. The van der Waals surface area contributed by atoms with Crippen LogP contribution in [0.5, 0.6) is 5.75 Å². The third kappa shape index (κ3) is 5.57. The first-order chi connectivity index (χ1) is 21.8. The number of nitrogens with one attached hydrogen (secondary N) is 1. The fourth-order valence-corrected chi connectivity index (χ4v) is 7.48. The minimum Gasteiger partial charge on any atom is -0.493 e. The Morgan fingerprint density at radius 1 is 1.04 bits per heavy atom. The summed E-state index contributed by atoms with van der Waals surface area (Å²) in [6.07, 6.45) is 4.42. The highest BCUT2D eigenvalue weighted by atomic mass is 35.5. The van der Waals surface area contributed by atoms with Crippen molar-refractivity contribution in [2.45, 2.75) is 37.2 Å². The quantitative estimate of drug-likeness (QED) is 0.193. The Bertz CT molecular complexity index is 2100. The zero-order chi connectivity index (χ0) is 31.2.